The maximum Gasteiger partial charge on any atom is 0.124 e. The molecule has 2 aromatic rings. The molecule has 0 spiro atoms. The van der Waals surface area contributed by atoms with Gasteiger partial charge in [-0.1, -0.05) is 30.3 Å². The molecule has 2 rings (SSSR count). The molecule has 1 unspecified atom stereocenters. The van der Waals surface area contributed by atoms with Gasteiger partial charge in [0.05, 0.1) is 24.5 Å². The van der Waals surface area contributed by atoms with Crippen molar-refractivity contribution in [3.05, 3.63) is 41.7 Å². The first-order valence-corrected chi connectivity index (χ1v) is 6.57. The minimum atomic E-state index is 0.0350. The highest BCUT2D eigenvalue weighted by Crippen LogP contribution is 2.29. The average Bonchev–Trinajstić information content (AvgIpc) is 2.84. The van der Waals surface area contributed by atoms with E-state index in [9.17, 15) is 0 Å². The number of aryl methyl sites for hydroxylation is 1. The van der Waals surface area contributed by atoms with Gasteiger partial charge in [0.15, 0.2) is 0 Å². The van der Waals surface area contributed by atoms with Crippen LogP contribution in [0.5, 0.6) is 5.75 Å². The average molecular weight is 260 g/mol. The van der Waals surface area contributed by atoms with Gasteiger partial charge in [-0.2, -0.15) is 0 Å². The summed E-state index contributed by atoms with van der Waals surface area (Å²) in [6.45, 7) is 5.58. The van der Waals surface area contributed by atoms with Gasteiger partial charge in [-0.3, -0.25) is 4.68 Å². The molecule has 0 aliphatic carbocycles. The molecule has 0 saturated heterocycles. The highest BCUT2D eigenvalue weighted by atomic mass is 16.5. The van der Waals surface area contributed by atoms with Crippen molar-refractivity contribution in [1.82, 2.24) is 20.3 Å². The Balaban J connectivity index is 2.42. The van der Waals surface area contributed by atoms with E-state index in [4.69, 9.17) is 4.74 Å². The van der Waals surface area contributed by atoms with E-state index >= 15 is 0 Å². The van der Waals surface area contributed by atoms with Crippen molar-refractivity contribution in [1.29, 1.82) is 0 Å². The largest absolute Gasteiger partial charge is 0.494 e. The second kappa shape index (κ2) is 6.33. The maximum atomic E-state index is 5.71. The standard InChI is InChI=1S/C14H20N4O/c1-4-15-14(12-10-16-17-18(12)3)11-8-6-7-9-13(11)19-5-2/h6-10,14-15H,4-5H2,1-3H3. The van der Waals surface area contributed by atoms with Crippen LogP contribution in [0.1, 0.15) is 31.1 Å². The van der Waals surface area contributed by atoms with Gasteiger partial charge in [-0.15, -0.1) is 5.10 Å². The lowest BCUT2D eigenvalue weighted by Crippen LogP contribution is -2.24. The Hall–Kier alpha value is -1.88. The molecule has 1 heterocycles. The molecule has 0 amide bonds. The van der Waals surface area contributed by atoms with Gasteiger partial charge in [0, 0.05) is 12.6 Å². The van der Waals surface area contributed by atoms with Crippen LogP contribution in [-0.2, 0) is 7.05 Å². The second-order valence-corrected chi connectivity index (χ2v) is 4.24. The summed E-state index contributed by atoms with van der Waals surface area (Å²) in [4.78, 5) is 0. The van der Waals surface area contributed by atoms with Crippen LogP contribution in [0.3, 0.4) is 0 Å². The molecule has 1 atom stereocenters. The maximum absolute atomic E-state index is 5.71. The van der Waals surface area contributed by atoms with Crippen molar-refractivity contribution < 1.29 is 4.74 Å². The zero-order valence-corrected chi connectivity index (χ0v) is 11.6. The van der Waals surface area contributed by atoms with Gasteiger partial charge in [-0.25, -0.2) is 0 Å². The molecule has 0 saturated carbocycles. The summed E-state index contributed by atoms with van der Waals surface area (Å²) in [5.41, 5.74) is 2.13. The zero-order valence-electron chi connectivity index (χ0n) is 11.6. The van der Waals surface area contributed by atoms with Crippen LogP contribution in [0.2, 0.25) is 0 Å². The van der Waals surface area contributed by atoms with Crippen molar-refractivity contribution in [2.75, 3.05) is 13.2 Å². The first-order valence-electron chi connectivity index (χ1n) is 6.57. The van der Waals surface area contributed by atoms with Gasteiger partial charge in [0.25, 0.3) is 0 Å². The number of hydrogen-bond donors (Lipinski definition) is 1. The number of hydrogen-bond acceptors (Lipinski definition) is 4. The number of aromatic nitrogens is 3. The molecular weight excluding hydrogens is 240 g/mol. The summed E-state index contributed by atoms with van der Waals surface area (Å²) in [5, 5.41) is 11.4. The highest BCUT2D eigenvalue weighted by molar-refractivity contribution is 5.39. The van der Waals surface area contributed by atoms with Crippen molar-refractivity contribution in [3.63, 3.8) is 0 Å². The van der Waals surface area contributed by atoms with E-state index in [1.165, 1.54) is 0 Å². The summed E-state index contributed by atoms with van der Waals surface area (Å²) < 4.78 is 7.50. The SMILES string of the molecule is CCNC(c1ccccc1OCC)c1cnnn1C. The Bertz CT molecular complexity index is 524. The quantitative estimate of drug-likeness (QED) is 0.862. The van der Waals surface area contributed by atoms with E-state index in [0.717, 1.165) is 23.6 Å². The molecule has 19 heavy (non-hydrogen) atoms. The van der Waals surface area contributed by atoms with E-state index in [0.29, 0.717) is 6.61 Å². The number of nitrogens with zero attached hydrogens (tertiary/aromatic N) is 3. The Morgan fingerprint density at radius 1 is 1.32 bits per heavy atom. The van der Waals surface area contributed by atoms with E-state index in [2.05, 4.69) is 28.6 Å². The van der Waals surface area contributed by atoms with Crippen LogP contribution in [0.4, 0.5) is 0 Å². The fourth-order valence-corrected chi connectivity index (χ4v) is 2.14. The predicted molar refractivity (Wildman–Crippen MR) is 74.1 cm³/mol. The van der Waals surface area contributed by atoms with Crippen molar-refractivity contribution in [2.24, 2.45) is 7.05 Å². The topological polar surface area (TPSA) is 52.0 Å². The van der Waals surface area contributed by atoms with Gasteiger partial charge >= 0.3 is 0 Å². The minimum Gasteiger partial charge on any atom is -0.494 e. The van der Waals surface area contributed by atoms with Gasteiger partial charge in [0.2, 0.25) is 0 Å². The summed E-state index contributed by atoms with van der Waals surface area (Å²) in [6.07, 6.45) is 1.79. The molecular formula is C14H20N4O. The van der Waals surface area contributed by atoms with Crippen LogP contribution in [-0.4, -0.2) is 28.1 Å². The fraction of sp³-hybridized carbons (Fsp3) is 0.429. The summed E-state index contributed by atoms with van der Waals surface area (Å²) in [7, 11) is 1.90. The third-order valence-corrected chi connectivity index (χ3v) is 2.98. The molecule has 0 radical (unpaired) electrons. The fourth-order valence-electron chi connectivity index (χ4n) is 2.14. The summed E-state index contributed by atoms with van der Waals surface area (Å²) in [6, 6.07) is 8.11. The van der Waals surface area contributed by atoms with Crippen molar-refractivity contribution >= 4 is 0 Å². The Morgan fingerprint density at radius 2 is 2.11 bits per heavy atom. The van der Waals surface area contributed by atoms with Gasteiger partial charge < -0.3 is 10.1 Å². The smallest absolute Gasteiger partial charge is 0.124 e. The Labute approximate surface area is 113 Å². The van der Waals surface area contributed by atoms with Gasteiger partial charge in [-0.05, 0) is 19.5 Å². The van der Waals surface area contributed by atoms with Crippen molar-refractivity contribution in [2.45, 2.75) is 19.9 Å². The molecule has 1 aromatic carbocycles. The van der Waals surface area contributed by atoms with Gasteiger partial charge in [0.1, 0.15) is 5.75 Å². The van der Waals surface area contributed by atoms with Crippen LogP contribution >= 0.6 is 0 Å². The molecule has 5 heteroatoms. The molecule has 102 valence electrons. The van der Waals surface area contributed by atoms with Crippen LogP contribution < -0.4 is 10.1 Å². The predicted octanol–water partition coefficient (Wildman–Crippen LogP) is 1.91. The zero-order chi connectivity index (χ0) is 13.7. The molecule has 0 aliphatic heterocycles. The third kappa shape index (κ3) is 2.93. The molecule has 0 bridgehead atoms. The molecule has 1 aromatic heterocycles. The van der Waals surface area contributed by atoms with E-state index in [-0.39, 0.29) is 6.04 Å². The molecule has 1 N–H and O–H groups in total. The van der Waals surface area contributed by atoms with E-state index in [1.807, 2.05) is 32.2 Å². The van der Waals surface area contributed by atoms with Crippen molar-refractivity contribution in [3.8, 4) is 5.75 Å². The molecule has 5 nitrogen and oxygen atoms in total. The number of benzene rings is 1. The van der Waals surface area contributed by atoms with Crippen LogP contribution in [0, 0.1) is 0 Å². The Morgan fingerprint density at radius 3 is 2.74 bits per heavy atom. The second-order valence-electron chi connectivity index (χ2n) is 4.24. The first kappa shape index (κ1) is 13.5. The highest BCUT2D eigenvalue weighted by Gasteiger charge is 2.20. The Kier molecular flexibility index (Phi) is 4.52. The van der Waals surface area contributed by atoms with Crippen LogP contribution in [0.25, 0.3) is 0 Å². The van der Waals surface area contributed by atoms with E-state index < -0.39 is 0 Å². The summed E-state index contributed by atoms with van der Waals surface area (Å²) in [5.74, 6) is 0.900. The number of rotatable bonds is 6. The monoisotopic (exact) mass is 260 g/mol. The van der Waals surface area contributed by atoms with E-state index in [1.54, 1.807) is 10.9 Å². The lowest BCUT2D eigenvalue weighted by molar-refractivity contribution is 0.333. The molecule has 0 fully saturated rings. The molecule has 0 aliphatic rings. The number of para-hydroxylation sites is 1. The lowest BCUT2D eigenvalue weighted by Gasteiger charge is -2.20. The normalized spacial score (nSPS) is 12.4. The third-order valence-electron chi connectivity index (χ3n) is 2.98. The summed E-state index contributed by atoms with van der Waals surface area (Å²) >= 11 is 0. The minimum absolute atomic E-state index is 0.0350. The van der Waals surface area contributed by atoms with Crippen LogP contribution in [0.15, 0.2) is 30.5 Å². The first-order chi connectivity index (χ1) is 9.27. The number of nitrogens with one attached hydrogen (secondary N) is 1. The number of ether oxygens (including phenoxy) is 1. The lowest BCUT2D eigenvalue weighted by atomic mass is 10.0.